The summed E-state index contributed by atoms with van der Waals surface area (Å²) in [4.78, 5) is 5.20. The maximum atomic E-state index is 5.82. The van der Waals surface area contributed by atoms with Crippen LogP contribution in [0.15, 0.2) is 36.4 Å². The Hall–Kier alpha value is -2.14. The summed E-state index contributed by atoms with van der Waals surface area (Å²) >= 11 is 0. The van der Waals surface area contributed by atoms with Crippen LogP contribution >= 0.6 is 0 Å². The van der Waals surface area contributed by atoms with E-state index in [-0.39, 0.29) is 6.10 Å². The molecule has 0 amide bonds. The number of rotatable bonds is 5. The highest BCUT2D eigenvalue weighted by Gasteiger charge is 2.39. The van der Waals surface area contributed by atoms with Gasteiger partial charge >= 0.3 is 0 Å². The quantitative estimate of drug-likeness (QED) is 0.668. The third-order valence-electron chi connectivity index (χ3n) is 7.75. The maximum Gasteiger partial charge on any atom is 0.151 e. The van der Waals surface area contributed by atoms with E-state index in [9.17, 15) is 0 Å². The highest BCUT2D eigenvalue weighted by atomic mass is 16.5. The predicted molar refractivity (Wildman–Crippen MR) is 126 cm³/mol. The van der Waals surface area contributed by atoms with Crippen molar-refractivity contribution in [3.05, 3.63) is 36.4 Å². The molecule has 1 saturated carbocycles. The van der Waals surface area contributed by atoms with Crippen LogP contribution in [0, 0.1) is 5.41 Å². The standard InChI is InChI=1S/C26H36N4O/c1-20(2)31-23-8-3-5-21(19-23)24-9-10-25(28-27-24)30-17-13-26(14-18-30)11-15-29(16-12-26)22-6-4-7-22/h3,5,8-10,19-20,22H,4,6-7,11-18H2,1-2H3. The van der Waals surface area contributed by atoms with Crippen molar-refractivity contribution in [3.8, 4) is 17.0 Å². The van der Waals surface area contributed by atoms with Crippen molar-refractivity contribution < 1.29 is 4.74 Å². The first-order chi connectivity index (χ1) is 15.1. The molecule has 1 aliphatic carbocycles. The van der Waals surface area contributed by atoms with Crippen molar-refractivity contribution in [2.24, 2.45) is 5.41 Å². The van der Waals surface area contributed by atoms with Gasteiger partial charge in [-0.2, -0.15) is 0 Å². The van der Waals surface area contributed by atoms with E-state index < -0.39 is 0 Å². The summed E-state index contributed by atoms with van der Waals surface area (Å²) in [6.07, 6.45) is 9.84. The smallest absolute Gasteiger partial charge is 0.151 e. The first-order valence-electron chi connectivity index (χ1n) is 12.2. The third-order valence-corrected chi connectivity index (χ3v) is 7.75. The first-order valence-corrected chi connectivity index (χ1v) is 12.2. The van der Waals surface area contributed by atoms with Crippen LogP contribution in [0.2, 0.25) is 0 Å². The summed E-state index contributed by atoms with van der Waals surface area (Å²) < 4.78 is 5.82. The zero-order valence-corrected chi connectivity index (χ0v) is 19.1. The molecule has 166 valence electrons. The Morgan fingerprint density at radius 3 is 2.29 bits per heavy atom. The second-order valence-corrected chi connectivity index (χ2v) is 10.1. The zero-order chi connectivity index (χ0) is 21.3. The Balaban J connectivity index is 1.18. The van der Waals surface area contributed by atoms with Crippen molar-refractivity contribution >= 4 is 5.82 Å². The number of benzene rings is 1. The second-order valence-electron chi connectivity index (χ2n) is 10.1. The van der Waals surface area contributed by atoms with E-state index in [0.29, 0.717) is 5.41 Å². The fourth-order valence-electron chi connectivity index (χ4n) is 5.47. The molecule has 3 aliphatic rings. The molecule has 3 heterocycles. The van der Waals surface area contributed by atoms with Gasteiger partial charge in [-0.15, -0.1) is 10.2 Å². The van der Waals surface area contributed by atoms with Gasteiger partial charge in [0.25, 0.3) is 0 Å². The summed E-state index contributed by atoms with van der Waals surface area (Å²) in [7, 11) is 0. The molecule has 0 atom stereocenters. The van der Waals surface area contributed by atoms with Crippen LogP contribution in [0.1, 0.15) is 58.8 Å². The summed E-state index contributed by atoms with van der Waals surface area (Å²) in [6, 6.07) is 13.3. The van der Waals surface area contributed by atoms with Gasteiger partial charge in [-0.1, -0.05) is 18.6 Å². The van der Waals surface area contributed by atoms with Gasteiger partial charge in [-0.05, 0) is 95.1 Å². The number of hydrogen-bond donors (Lipinski definition) is 0. The minimum atomic E-state index is 0.163. The number of likely N-dealkylation sites (tertiary alicyclic amines) is 1. The van der Waals surface area contributed by atoms with Crippen molar-refractivity contribution in [2.75, 3.05) is 31.1 Å². The SMILES string of the molecule is CC(C)Oc1cccc(-c2ccc(N3CCC4(CC3)CCN(C3CCC3)CC4)nn2)c1. The third kappa shape index (κ3) is 4.57. The number of hydrogen-bond acceptors (Lipinski definition) is 5. The fourth-order valence-corrected chi connectivity index (χ4v) is 5.47. The van der Waals surface area contributed by atoms with Gasteiger partial charge in [0.1, 0.15) is 5.75 Å². The Labute approximate surface area is 186 Å². The Morgan fingerprint density at radius 2 is 1.68 bits per heavy atom. The molecule has 1 spiro atoms. The second kappa shape index (κ2) is 8.78. The number of aromatic nitrogens is 2. The van der Waals surface area contributed by atoms with E-state index in [1.165, 1.54) is 58.0 Å². The van der Waals surface area contributed by atoms with Gasteiger partial charge in [0, 0.05) is 24.7 Å². The molecular weight excluding hydrogens is 384 g/mol. The number of piperidine rings is 2. The normalized spacial score (nSPS) is 22.0. The van der Waals surface area contributed by atoms with Crippen molar-refractivity contribution in [3.63, 3.8) is 0 Å². The fraction of sp³-hybridized carbons (Fsp3) is 0.615. The first kappa shape index (κ1) is 20.7. The topological polar surface area (TPSA) is 41.5 Å². The Bertz CT molecular complexity index is 859. The summed E-state index contributed by atoms with van der Waals surface area (Å²) in [5, 5.41) is 9.12. The van der Waals surface area contributed by atoms with E-state index in [0.717, 1.165) is 42.0 Å². The Morgan fingerprint density at radius 1 is 0.935 bits per heavy atom. The van der Waals surface area contributed by atoms with Crippen LogP contribution in [0.3, 0.4) is 0 Å². The van der Waals surface area contributed by atoms with Gasteiger partial charge in [-0.25, -0.2) is 0 Å². The average molecular weight is 421 g/mol. The van der Waals surface area contributed by atoms with Gasteiger partial charge in [0.15, 0.2) is 5.82 Å². The van der Waals surface area contributed by atoms with Crippen LogP contribution in [-0.4, -0.2) is 53.4 Å². The number of nitrogens with zero attached hydrogens (tertiary/aromatic N) is 4. The molecule has 2 aromatic rings. The molecule has 1 aromatic carbocycles. The Kier molecular flexibility index (Phi) is 5.87. The van der Waals surface area contributed by atoms with Crippen LogP contribution < -0.4 is 9.64 Å². The highest BCUT2D eigenvalue weighted by Crippen LogP contribution is 2.43. The summed E-state index contributed by atoms with van der Waals surface area (Å²) in [5.41, 5.74) is 2.52. The van der Waals surface area contributed by atoms with Crippen molar-refractivity contribution in [2.45, 2.75) is 70.9 Å². The lowest BCUT2D eigenvalue weighted by Gasteiger charge is -2.50. The van der Waals surface area contributed by atoms with Crippen LogP contribution in [0.5, 0.6) is 5.75 Å². The molecule has 0 N–H and O–H groups in total. The molecule has 0 bridgehead atoms. The van der Waals surface area contributed by atoms with Gasteiger partial charge in [-0.3, -0.25) is 0 Å². The number of ether oxygens (including phenoxy) is 1. The average Bonchev–Trinajstić information content (AvgIpc) is 2.75. The number of anilines is 1. The summed E-state index contributed by atoms with van der Waals surface area (Å²) in [6.45, 7) is 8.94. The van der Waals surface area contributed by atoms with E-state index >= 15 is 0 Å². The monoisotopic (exact) mass is 420 g/mol. The molecule has 31 heavy (non-hydrogen) atoms. The molecule has 3 fully saturated rings. The molecule has 5 rings (SSSR count). The van der Waals surface area contributed by atoms with E-state index in [1.807, 2.05) is 32.0 Å². The predicted octanol–water partition coefficient (Wildman–Crippen LogP) is 5.17. The molecule has 2 saturated heterocycles. The lowest BCUT2D eigenvalue weighted by Crippen LogP contribution is -2.51. The molecule has 1 aromatic heterocycles. The minimum absolute atomic E-state index is 0.163. The van der Waals surface area contributed by atoms with Crippen molar-refractivity contribution in [1.82, 2.24) is 15.1 Å². The molecule has 5 heteroatoms. The molecule has 5 nitrogen and oxygen atoms in total. The van der Waals surface area contributed by atoms with E-state index in [4.69, 9.17) is 4.74 Å². The zero-order valence-electron chi connectivity index (χ0n) is 19.1. The maximum absolute atomic E-state index is 5.82. The summed E-state index contributed by atoms with van der Waals surface area (Å²) in [5.74, 6) is 1.89. The largest absolute Gasteiger partial charge is 0.491 e. The van der Waals surface area contributed by atoms with Crippen LogP contribution in [0.25, 0.3) is 11.3 Å². The van der Waals surface area contributed by atoms with E-state index in [2.05, 4.69) is 38.2 Å². The van der Waals surface area contributed by atoms with Gasteiger partial charge in [0.05, 0.1) is 11.8 Å². The van der Waals surface area contributed by atoms with Crippen molar-refractivity contribution in [1.29, 1.82) is 0 Å². The van der Waals surface area contributed by atoms with E-state index in [1.54, 1.807) is 0 Å². The lowest BCUT2D eigenvalue weighted by atomic mass is 9.70. The van der Waals surface area contributed by atoms with Gasteiger partial charge in [0.2, 0.25) is 0 Å². The molecule has 0 unspecified atom stereocenters. The molecule has 2 aliphatic heterocycles. The van der Waals surface area contributed by atoms with Crippen LogP contribution in [0.4, 0.5) is 5.82 Å². The lowest BCUT2D eigenvalue weighted by molar-refractivity contribution is 0.0305. The van der Waals surface area contributed by atoms with Crippen LogP contribution in [-0.2, 0) is 0 Å². The molecular formula is C26H36N4O. The minimum Gasteiger partial charge on any atom is -0.491 e. The van der Waals surface area contributed by atoms with Gasteiger partial charge < -0.3 is 14.5 Å². The molecule has 0 radical (unpaired) electrons. The highest BCUT2D eigenvalue weighted by molar-refractivity contribution is 5.61.